The van der Waals surface area contributed by atoms with Crippen LogP contribution >= 0.6 is 0 Å². The van der Waals surface area contributed by atoms with Crippen LogP contribution in [0.2, 0.25) is 0 Å². The number of likely N-dealkylation sites (N-methyl/N-ethyl adjacent to an activating group) is 1. The van der Waals surface area contributed by atoms with Gasteiger partial charge in [-0.2, -0.15) is 4.31 Å². The van der Waals surface area contributed by atoms with Crippen molar-refractivity contribution in [2.75, 3.05) is 56.9 Å². The molecular weight excluding hydrogens is 747 g/mol. The largest absolute Gasteiger partial charge is 0.340 e. The summed E-state index contributed by atoms with van der Waals surface area (Å²) in [7, 11) is -3.16. The summed E-state index contributed by atoms with van der Waals surface area (Å²) in [6.07, 6.45) is 4.29. The molecule has 2 saturated heterocycles. The molecule has 5 aromatic rings. The standard InChI is InChI=1S/C46H55N7O4S/c1-4-31-58(56,57)52-29-27-50(28-30-52)33-34-14-24-40(25-15-34)48-45(54)39-22-18-36(19-23-39)35-16-20-37(21-17-35)41-32-47-44(49-41)42-13-10-26-53(42)46(55)43(51(5-2)6-3)38-11-8-7-9-12-38/h7-9,11-12,14-25,32,42-43H,4-6,10,13,26-31,33H2,1-3H3,(H,47,49)(H,48,54)/t42-,43-/m0/s1. The molecule has 3 heterocycles. The molecule has 11 nitrogen and oxygen atoms in total. The van der Waals surface area contributed by atoms with Gasteiger partial charge in [-0.1, -0.05) is 99.6 Å². The Morgan fingerprint density at radius 3 is 2.09 bits per heavy atom. The van der Waals surface area contributed by atoms with Crippen LogP contribution in [-0.2, 0) is 21.4 Å². The molecule has 58 heavy (non-hydrogen) atoms. The van der Waals surface area contributed by atoms with E-state index in [1.54, 1.807) is 4.31 Å². The lowest BCUT2D eigenvalue weighted by Crippen LogP contribution is -2.48. The highest BCUT2D eigenvalue weighted by atomic mass is 32.2. The van der Waals surface area contributed by atoms with Crippen molar-refractivity contribution in [1.29, 1.82) is 0 Å². The van der Waals surface area contributed by atoms with E-state index in [1.807, 2.05) is 96.9 Å². The lowest BCUT2D eigenvalue weighted by molar-refractivity contribution is -0.138. The van der Waals surface area contributed by atoms with Gasteiger partial charge in [-0.3, -0.25) is 19.4 Å². The zero-order valence-corrected chi connectivity index (χ0v) is 34.6. The number of nitrogens with zero attached hydrogens (tertiary/aromatic N) is 5. The summed E-state index contributed by atoms with van der Waals surface area (Å²) in [5.41, 5.74) is 7.36. The molecule has 0 bridgehead atoms. The van der Waals surface area contributed by atoms with Gasteiger partial charge in [0.25, 0.3) is 5.91 Å². The number of anilines is 1. The van der Waals surface area contributed by atoms with Crippen molar-refractivity contribution in [3.8, 4) is 22.4 Å². The van der Waals surface area contributed by atoms with Crippen LogP contribution < -0.4 is 5.32 Å². The van der Waals surface area contributed by atoms with Gasteiger partial charge in [0.05, 0.1) is 23.7 Å². The molecule has 2 aliphatic rings. The molecule has 2 aliphatic heterocycles. The summed E-state index contributed by atoms with van der Waals surface area (Å²) < 4.78 is 26.4. The van der Waals surface area contributed by atoms with Gasteiger partial charge in [0, 0.05) is 50.5 Å². The first-order valence-electron chi connectivity index (χ1n) is 20.6. The van der Waals surface area contributed by atoms with E-state index in [4.69, 9.17) is 4.98 Å². The molecule has 0 spiro atoms. The zero-order chi connectivity index (χ0) is 40.6. The average molecular weight is 802 g/mol. The lowest BCUT2D eigenvalue weighted by Gasteiger charge is -2.34. The van der Waals surface area contributed by atoms with E-state index in [-0.39, 0.29) is 29.7 Å². The molecule has 1 aromatic heterocycles. The van der Waals surface area contributed by atoms with Crippen LogP contribution in [0.25, 0.3) is 22.4 Å². The van der Waals surface area contributed by atoms with Crippen molar-refractivity contribution in [3.05, 3.63) is 132 Å². The molecule has 2 atom stereocenters. The van der Waals surface area contributed by atoms with Crippen molar-refractivity contribution in [3.63, 3.8) is 0 Å². The maximum absolute atomic E-state index is 14.2. The van der Waals surface area contributed by atoms with E-state index in [0.29, 0.717) is 50.4 Å². The third-order valence-corrected chi connectivity index (χ3v) is 13.5. The minimum atomic E-state index is -3.16. The topological polar surface area (TPSA) is 122 Å². The summed E-state index contributed by atoms with van der Waals surface area (Å²) in [5, 5.41) is 3.00. The number of benzene rings is 4. The number of carbonyl (C=O) groups excluding carboxylic acids is 2. The Morgan fingerprint density at radius 2 is 1.45 bits per heavy atom. The molecule has 304 valence electrons. The minimum Gasteiger partial charge on any atom is -0.340 e. The molecule has 0 aliphatic carbocycles. The molecule has 0 unspecified atom stereocenters. The fourth-order valence-electron chi connectivity index (χ4n) is 8.22. The van der Waals surface area contributed by atoms with Crippen LogP contribution in [0.5, 0.6) is 0 Å². The number of sulfonamides is 1. The third kappa shape index (κ3) is 9.42. The summed E-state index contributed by atoms with van der Waals surface area (Å²) in [6, 6.07) is 33.4. The van der Waals surface area contributed by atoms with Crippen molar-refractivity contribution in [2.45, 2.75) is 58.7 Å². The first-order valence-corrected chi connectivity index (χ1v) is 22.2. The first-order chi connectivity index (χ1) is 28.2. The predicted molar refractivity (Wildman–Crippen MR) is 231 cm³/mol. The van der Waals surface area contributed by atoms with Crippen molar-refractivity contribution >= 4 is 27.5 Å². The average Bonchev–Trinajstić information content (AvgIpc) is 3.95. The number of piperazine rings is 1. The van der Waals surface area contributed by atoms with Gasteiger partial charge in [0.2, 0.25) is 15.9 Å². The summed E-state index contributed by atoms with van der Waals surface area (Å²) in [6.45, 7) is 11.6. The highest BCUT2D eigenvalue weighted by molar-refractivity contribution is 7.89. The molecule has 12 heteroatoms. The highest BCUT2D eigenvalue weighted by Gasteiger charge is 2.38. The molecule has 2 amide bonds. The van der Waals surface area contributed by atoms with Crippen LogP contribution in [0, 0.1) is 0 Å². The highest BCUT2D eigenvalue weighted by Crippen LogP contribution is 2.36. The smallest absolute Gasteiger partial charge is 0.255 e. The number of carbonyl (C=O) groups is 2. The molecule has 0 radical (unpaired) electrons. The van der Waals surface area contributed by atoms with Crippen LogP contribution in [0.3, 0.4) is 0 Å². The summed E-state index contributed by atoms with van der Waals surface area (Å²) in [5.74, 6) is 0.961. The number of rotatable bonds is 15. The van der Waals surface area contributed by atoms with E-state index >= 15 is 0 Å². The number of likely N-dealkylation sites (tertiary alicyclic amines) is 1. The van der Waals surface area contributed by atoms with Crippen molar-refractivity contribution < 1.29 is 18.0 Å². The quantitative estimate of drug-likeness (QED) is 0.112. The monoisotopic (exact) mass is 801 g/mol. The predicted octanol–water partition coefficient (Wildman–Crippen LogP) is 7.60. The second kappa shape index (κ2) is 18.6. The Morgan fingerprint density at radius 1 is 0.810 bits per heavy atom. The Labute approximate surface area is 343 Å². The summed E-state index contributed by atoms with van der Waals surface area (Å²) >= 11 is 0. The van der Waals surface area contributed by atoms with Crippen LogP contribution in [0.15, 0.2) is 109 Å². The van der Waals surface area contributed by atoms with Gasteiger partial charge < -0.3 is 15.2 Å². The van der Waals surface area contributed by atoms with Crippen LogP contribution in [0.4, 0.5) is 5.69 Å². The lowest BCUT2D eigenvalue weighted by atomic mass is 10.0. The van der Waals surface area contributed by atoms with E-state index in [0.717, 1.165) is 71.8 Å². The molecule has 2 fully saturated rings. The maximum Gasteiger partial charge on any atom is 0.255 e. The van der Waals surface area contributed by atoms with Crippen molar-refractivity contribution in [1.82, 2.24) is 29.0 Å². The van der Waals surface area contributed by atoms with Gasteiger partial charge in [-0.05, 0) is 84.4 Å². The van der Waals surface area contributed by atoms with Gasteiger partial charge >= 0.3 is 0 Å². The number of nitrogens with one attached hydrogen (secondary N) is 2. The van der Waals surface area contributed by atoms with E-state index < -0.39 is 10.0 Å². The second-order valence-electron chi connectivity index (χ2n) is 15.2. The Kier molecular flexibility index (Phi) is 13.2. The number of amides is 2. The van der Waals surface area contributed by atoms with Crippen LogP contribution in [-0.4, -0.2) is 101 Å². The normalized spacial score (nSPS) is 17.1. The minimum absolute atomic E-state index is 0.101. The van der Waals surface area contributed by atoms with E-state index in [2.05, 4.69) is 58.2 Å². The summed E-state index contributed by atoms with van der Waals surface area (Å²) in [4.78, 5) is 42.1. The Bertz CT molecular complexity index is 2230. The number of hydrogen-bond donors (Lipinski definition) is 2. The van der Waals surface area contributed by atoms with Gasteiger partial charge in [0.15, 0.2) is 0 Å². The second-order valence-corrected chi connectivity index (χ2v) is 17.3. The molecule has 4 aromatic carbocycles. The number of H-pyrrole nitrogens is 1. The first kappa shape index (κ1) is 41.0. The van der Waals surface area contributed by atoms with E-state index in [1.165, 1.54) is 0 Å². The zero-order valence-electron chi connectivity index (χ0n) is 33.8. The number of imidazole rings is 1. The number of aromatic amines is 1. The maximum atomic E-state index is 14.2. The van der Waals surface area contributed by atoms with Gasteiger partial charge in [-0.25, -0.2) is 13.4 Å². The molecule has 0 saturated carbocycles. The molecular formula is C46H55N7O4S. The number of aromatic nitrogens is 2. The fraction of sp³-hybridized carbons (Fsp3) is 0.370. The van der Waals surface area contributed by atoms with Gasteiger partial charge in [0.1, 0.15) is 11.9 Å². The van der Waals surface area contributed by atoms with E-state index in [9.17, 15) is 18.0 Å². The van der Waals surface area contributed by atoms with Crippen molar-refractivity contribution in [2.24, 2.45) is 0 Å². The Balaban J connectivity index is 0.934. The molecule has 7 rings (SSSR count). The SMILES string of the molecule is CCCS(=O)(=O)N1CCN(Cc2ccc(NC(=O)c3ccc(-c4ccc(-c5cnc([C@@H]6CCCN6C(=O)[C@H](c6ccccc6)N(CC)CC)[nH]5)cc4)cc3)cc2)CC1. The third-order valence-electron chi connectivity index (χ3n) is 11.5. The number of hydrogen-bond acceptors (Lipinski definition) is 7. The van der Waals surface area contributed by atoms with Crippen LogP contribution in [0.1, 0.15) is 79.4 Å². The fourth-order valence-corrected chi connectivity index (χ4v) is 9.72. The Hall–Kier alpha value is -5.14. The molecule has 2 N–H and O–H groups in total. The van der Waals surface area contributed by atoms with Gasteiger partial charge in [-0.15, -0.1) is 0 Å².